The molecule has 0 unspecified atom stereocenters. The van der Waals surface area contributed by atoms with E-state index in [1.165, 1.54) is 32.7 Å². The van der Waals surface area contributed by atoms with E-state index in [9.17, 15) is 0 Å². The quantitative estimate of drug-likeness (QED) is 0.492. The zero-order chi connectivity index (χ0) is 12.5. The minimum atomic E-state index is 1.31. The molecule has 88 valence electrons. The van der Waals surface area contributed by atoms with Gasteiger partial charge in [-0.2, -0.15) is 0 Å². The Bertz CT molecular complexity index is 748. The van der Waals surface area contributed by atoms with E-state index in [1.54, 1.807) is 0 Å². The molecule has 3 aromatic rings. The molecule has 0 saturated carbocycles. The van der Waals surface area contributed by atoms with Crippen molar-refractivity contribution in [3.63, 3.8) is 0 Å². The maximum absolute atomic E-state index is 2.27. The summed E-state index contributed by atoms with van der Waals surface area (Å²) in [5.74, 6) is 0. The predicted molar refractivity (Wildman–Crippen MR) is 80.8 cm³/mol. The van der Waals surface area contributed by atoms with Crippen LogP contribution >= 0.6 is 0 Å². The van der Waals surface area contributed by atoms with Crippen LogP contribution in [0.2, 0.25) is 0 Å². The van der Waals surface area contributed by atoms with Gasteiger partial charge in [0, 0.05) is 0 Å². The van der Waals surface area contributed by atoms with Gasteiger partial charge in [-0.3, -0.25) is 0 Å². The third-order valence-corrected chi connectivity index (χ3v) is 3.59. The first-order valence-electron chi connectivity index (χ1n) is 6.34. The third kappa shape index (κ3) is 1.80. The molecule has 3 rings (SSSR count). The summed E-state index contributed by atoms with van der Waals surface area (Å²) in [6, 6.07) is 19.7. The second kappa shape index (κ2) is 4.30. The Balaban J connectivity index is 2.30. The van der Waals surface area contributed by atoms with E-state index in [0.29, 0.717) is 0 Å². The third-order valence-electron chi connectivity index (χ3n) is 3.59. The summed E-state index contributed by atoms with van der Waals surface area (Å²) in [6.07, 6.45) is 2.15. The van der Waals surface area contributed by atoms with Gasteiger partial charge in [-0.15, -0.1) is 0 Å². The van der Waals surface area contributed by atoms with Crippen LogP contribution in [0.3, 0.4) is 0 Å². The lowest BCUT2D eigenvalue weighted by Gasteiger charge is -2.06. The Morgan fingerprint density at radius 1 is 0.778 bits per heavy atom. The maximum atomic E-state index is 2.27. The molecule has 0 bridgehead atoms. The van der Waals surface area contributed by atoms with Crippen molar-refractivity contribution >= 4 is 27.1 Å². The smallest absolute Gasteiger partial charge is 0.0172 e. The molecule has 0 saturated heterocycles. The Labute approximate surface area is 108 Å². The fraction of sp³-hybridized carbons (Fsp3) is 0.111. The van der Waals surface area contributed by atoms with Crippen molar-refractivity contribution in [2.24, 2.45) is 0 Å². The van der Waals surface area contributed by atoms with E-state index in [1.807, 2.05) is 0 Å². The number of hydrogen-bond donors (Lipinski definition) is 0. The molecule has 0 amide bonds. The first-order chi connectivity index (χ1) is 8.78. The summed E-state index contributed by atoms with van der Waals surface area (Å²) in [6.45, 7) is 4.24. The molecule has 3 aromatic carbocycles. The summed E-state index contributed by atoms with van der Waals surface area (Å²) in [5.41, 5.74) is 2.63. The molecule has 18 heavy (non-hydrogen) atoms. The molecule has 0 aromatic heterocycles. The normalized spacial score (nSPS) is 12.2. The van der Waals surface area contributed by atoms with Gasteiger partial charge in [0.1, 0.15) is 0 Å². The molecule has 0 N–H and O–H groups in total. The summed E-state index contributed by atoms with van der Waals surface area (Å²) in [5, 5.41) is 5.23. The molecule has 0 aliphatic rings. The van der Waals surface area contributed by atoms with Gasteiger partial charge in [0.15, 0.2) is 0 Å². The van der Waals surface area contributed by atoms with Crippen LogP contribution in [0.5, 0.6) is 0 Å². The van der Waals surface area contributed by atoms with E-state index in [4.69, 9.17) is 0 Å². The minimum Gasteiger partial charge on any atom is -0.0841 e. The van der Waals surface area contributed by atoms with E-state index < -0.39 is 0 Å². The van der Waals surface area contributed by atoms with E-state index in [-0.39, 0.29) is 0 Å². The van der Waals surface area contributed by atoms with Crippen molar-refractivity contribution in [3.8, 4) is 0 Å². The maximum Gasteiger partial charge on any atom is -0.0172 e. The largest absolute Gasteiger partial charge is 0.0841 e. The van der Waals surface area contributed by atoms with Gasteiger partial charge in [-0.05, 0) is 64.7 Å². The fourth-order valence-corrected chi connectivity index (χ4v) is 2.35. The SMILES string of the molecule is CC=C(C)c1ccc2cc3ccccc3cc2c1. The molecular formula is C18H16. The molecule has 0 spiro atoms. The summed E-state index contributed by atoms with van der Waals surface area (Å²) in [4.78, 5) is 0. The highest BCUT2D eigenvalue weighted by Gasteiger charge is 2.00. The van der Waals surface area contributed by atoms with Crippen LogP contribution in [-0.2, 0) is 0 Å². The molecule has 0 atom stereocenters. The second-order valence-electron chi connectivity index (χ2n) is 4.73. The molecular weight excluding hydrogens is 216 g/mol. The lowest BCUT2D eigenvalue weighted by atomic mass is 9.99. The highest BCUT2D eigenvalue weighted by molar-refractivity contribution is 5.99. The Morgan fingerprint density at radius 2 is 1.39 bits per heavy atom. The Hall–Kier alpha value is -2.08. The average molecular weight is 232 g/mol. The van der Waals surface area contributed by atoms with Gasteiger partial charge in [0.05, 0.1) is 0 Å². The number of rotatable bonds is 1. The van der Waals surface area contributed by atoms with Crippen LogP contribution < -0.4 is 0 Å². The molecule has 0 fully saturated rings. The zero-order valence-corrected chi connectivity index (χ0v) is 10.8. The van der Waals surface area contributed by atoms with E-state index >= 15 is 0 Å². The van der Waals surface area contributed by atoms with Crippen molar-refractivity contribution in [2.75, 3.05) is 0 Å². The fourth-order valence-electron chi connectivity index (χ4n) is 2.35. The van der Waals surface area contributed by atoms with Gasteiger partial charge < -0.3 is 0 Å². The number of allylic oxidation sites excluding steroid dienone is 2. The minimum absolute atomic E-state index is 1.31. The van der Waals surface area contributed by atoms with Gasteiger partial charge in [-0.25, -0.2) is 0 Å². The Kier molecular flexibility index (Phi) is 2.64. The molecule has 0 heterocycles. The van der Waals surface area contributed by atoms with Crippen LogP contribution in [-0.4, -0.2) is 0 Å². The van der Waals surface area contributed by atoms with Gasteiger partial charge in [0.25, 0.3) is 0 Å². The first-order valence-corrected chi connectivity index (χ1v) is 6.34. The second-order valence-corrected chi connectivity index (χ2v) is 4.73. The van der Waals surface area contributed by atoms with Crippen LogP contribution in [0.4, 0.5) is 0 Å². The van der Waals surface area contributed by atoms with Crippen molar-refractivity contribution in [2.45, 2.75) is 13.8 Å². The van der Waals surface area contributed by atoms with Crippen LogP contribution in [0.15, 0.2) is 60.7 Å². The van der Waals surface area contributed by atoms with E-state index in [2.05, 4.69) is 74.5 Å². The standard InChI is InChI=1S/C18H16/c1-3-13(2)14-8-9-17-11-15-6-4-5-7-16(15)12-18(17)10-14/h3-12H,1-2H3. The topological polar surface area (TPSA) is 0 Å². The number of hydrogen-bond acceptors (Lipinski definition) is 0. The van der Waals surface area contributed by atoms with Crippen molar-refractivity contribution in [1.82, 2.24) is 0 Å². The lowest BCUT2D eigenvalue weighted by Crippen LogP contribution is -1.81. The molecule has 0 aliphatic heterocycles. The highest BCUT2D eigenvalue weighted by atomic mass is 14.0. The molecule has 0 radical (unpaired) electrons. The van der Waals surface area contributed by atoms with Gasteiger partial charge >= 0.3 is 0 Å². The van der Waals surface area contributed by atoms with Crippen LogP contribution in [0.1, 0.15) is 19.4 Å². The molecule has 0 aliphatic carbocycles. The first kappa shape index (κ1) is 11.0. The van der Waals surface area contributed by atoms with Crippen molar-refractivity contribution in [3.05, 3.63) is 66.2 Å². The van der Waals surface area contributed by atoms with Crippen LogP contribution in [0.25, 0.3) is 27.1 Å². The van der Waals surface area contributed by atoms with Crippen molar-refractivity contribution < 1.29 is 0 Å². The zero-order valence-electron chi connectivity index (χ0n) is 10.8. The lowest BCUT2D eigenvalue weighted by molar-refractivity contribution is 1.57. The monoisotopic (exact) mass is 232 g/mol. The summed E-state index contributed by atoms with van der Waals surface area (Å²) >= 11 is 0. The Morgan fingerprint density at radius 3 is 2.06 bits per heavy atom. The summed E-state index contributed by atoms with van der Waals surface area (Å²) in [7, 11) is 0. The molecule has 0 heteroatoms. The average Bonchev–Trinajstić information content (AvgIpc) is 2.43. The summed E-state index contributed by atoms with van der Waals surface area (Å²) < 4.78 is 0. The number of fused-ring (bicyclic) bond motifs is 2. The predicted octanol–water partition coefficient (Wildman–Crippen LogP) is 5.42. The van der Waals surface area contributed by atoms with Gasteiger partial charge in [0.2, 0.25) is 0 Å². The molecule has 0 nitrogen and oxygen atoms in total. The van der Waals surface area contributed by atoms with Gasteiger partial charge in [-0.1, -0.05) is 42.5 Å². The van der Waals surface area contributed by atoms with Crippen molar-refractivity contribution in [1.29, 1.82) is 0 Å². The number of benzene rings is 3. The highest BCUT2D eigenvalue weighted by Crippen LogP contribution is 2.25. The van der Waals surface area contributed by atoms with E-state index in [0.717, 1.165) is 0 Å². The van der Waals surface area contributed by atoms with Crippen LogP contribution in [0, 0.1) is 0 Å².